The summed E-state index contributed by atoms with van der Waals surface area (Å²) < 4.78 is 0. The number of carbonyl (C=O) groups is 1. The van der Waals surface area contributed by atoms with E-state index in [0.29, 0.717) is 12.5 Å². The van der Waals surface area contributed by atoms with Crippen molar-refractivity contribution in [2.75, 3.05) is 6.54 Å². The van der Waals surface area contributed by atoms with Gasteiger partial charge in [-0.05, 0) is 54.9 Å². The number of amides is 1. The third-order valence-electron chi connectivity index (χ3n) is 5.15. The Bertz CT molecular complexity index is 937. The fraction of sp³-hybridized carbons (Fsp3) is 0.318. The molecule has 1 atom stereocenters. The van der Waals surface area contributed by atoms with E-state index >= 15 is 0 Å². The molecule has 0 bridgehead atoms. The van der Waals surface area contributed by atoms with Crippen LogP contribution in [0, 0.1) is 5.92 Å². The normalized spacial score (nSPS) is 16.3. The molecule has 0 saturated heterocycles. The minimum Gasteiger partial charge on any atom is -0.352 e. The Hall–Kier alpha value is -2.75. The Balaban J connectivity index is 1.63. The zero-order valence-corrected chi connectivity index (χ0v) is 15.0. The summed E-state index contributed by atoms with van der Waals surface area (Å²) in [5.41, 5.74) is 5.10. The lowest BCUT2D eigenvalue weighted by Gasteiger charge is -2.24. The van der Waals surface area contributed by atoms with Crippen LogP contribution in [0.3, 0.4) is 0 Å². The standard InChI is InChI=1S/C22H23N3O/c1-15-8-9-20-18(13-15)21(17-6-2-3-7-19(17)25-20)22(26)24-12-10-16-5-4-11-23-14-16/h2-7,11,14-15H,8-10,12-13H2,1H3,(H,24,26)/t15-/m1/s1. The number of hydrogen-bond acceptors (Lipinski definition) is 3. The lowest BCUT2D eigenvalue weighted by molar-refractivity contribution is 0.0954. The Morgan fingerprint density at radius 3 is 2.96 bits per heavy atom. The molecule has 1 aliphatic rings. The maximum atomic E-state index is 13.1. The van der Waals surface area contributed by atoms with E-state index in [9.17, 15) is 4.79 Å². The minimum absolute atomic E-state index is 0.0119. The molecule has 2 heterocycles. The number of carbonyl (C=O) groups excluding carboxylic acids is 1. The van der Waals surface area contributed by atoms with Gasteiger partial charge in [0.2, 0.25) is 0 Å². The van der Waals surface area contributed by atoms with E-state index in [1.165, 1.54) is 0 Å². The topological polar surface area (TPSA) is 54.9 Å². The van der Waals surface area contributed by atoms with Gasteiger partial charge < -0.3 is 5.32 Å². The van der Waals surface area contributed by atoms with Gasteiger partial charge in [-0.25, -0.2) is 0 Å². The molecule has 0 saturated carbocycles. The van der Waals surface area contributed by atoms with Gasteiger partial charge in [0.15, 0.2) is 0 Å². The number of nitrogens with one attached hydrogen (secondary N) is 1. The van der Waals surface area contributed by atoms with Crippen molar-refractivity contribution in [1.29, 1.82) is 0 Å². The van der Waals surface area contributed by atoms with Crippen molar-refractivity contribution in [2.24, 2.45) is 5.92 Å². The van der Waals surface area contributed by atoms with E-state index in [2.05, 4.69) is 17.2 Å². The number of aromatic nitrogens is 2. The van der Waals surface area contributed by atoms with Crippen LogP contribution >= 0.6 is 0 Å². The highest BCUT2D eigenvalue weighted by Gasteiger charge is 2.25. The van der Waals surface area contributed by atoms with Crippen LogP contribution in [0.2, 0.25) is 0 Å². The zero-order chi connectivity index (χ0) is 17.9. The SMILES string of the molecule is C[C@@H]1CCc2nc3ccccc3c(C(=O)NCCc3cccnc3)c2C1. The number of fused-ring (bicyclic) bond motifs is 2. The van der Waals surface area contributed by atoms with Crippen LogP contribution in [0.1, 0.15) is 40.5 Å². The molecule has 4 nitrogen and oxygen atoms in total. The molecule has 1 amide bonds. The van der Waals surface area contributed by atoms with Crippen molar-refractivity contribution < 1.29 is 4.79 Å². The smallest absolute Gasteiger partial charge is 0.252 e. The van der Waals surface area contributed by atoms with Gasteiger partial charge >= 0.3 is 0 Å². The molecule has 0 radical (unpaired) electrons. The van der Waals surface area contributed by atoms with Gasteiger partial charge in [-0.15, -0.1) is 0 Å². The molecule has 0 unspecified atom stereocenters. The largest absolute Gasteiger partial charge is 0.352 e. The van der Waals surface area contributed by atoms with E-state index < -0.39 is 0 Å². The van der Waals surface area contributed by atoms with E-state index in [0.717, 1.165) is 59.0 Å². The number of aryl methyl sites for hydroxylation is 1. The summed E-state index contributed by atoms with van der Waals surface area (Å²) in [5.74, 6) is 0.602. The average Bonchev–Trinajstić information content (AvgIpc) is 2.67. The Morgan fingerprint density at radius 1 is 1.23 bits per heavy atom. The summed E-state index contributed by atoms with van der Waals surface area (Å²) in [6.45, 7) is 2.85. The van der Waals surface area contributed by atoms with Crippen LogP contribution in [0.25, 0.3) is 10.9 Å². The monoisotopic (exact) mass is 345 g/mol. The minimum atomic E-state index is 0.0119. The average molecular weight is 345 g/mol. The second-order valence-electron chi connectivity index (χ2n) is 7.14. The lowest BCUT2D eigenvalue weighted by Crippen LogP contribution is -2.29. The molecule has 26 heavy (non-hydrogen) atoms. The predicted molar refractivity (Wildman–Crippen MR) is 103 cm³/mol. The second-order valence-corrected chi connectivity index (χ2v) is 7.14. The number of rotatable bonds is 4. The Labute approximate surface area is 153 Å². The molecule has 4 rings (SSSR count). The highest BCUT2D eigenvalue weighted by Crippen LogP contribution is 2.31. The molecule has 0 aliphatic heterocycles. The number of nitrogens with zero attached hydrogens (tertiary/aromatic N) is 2. The first kappa shape index (κ1) is 16.7. The fourth-order valence-corrected chi connectivity index (χ4v) is 3.78. The summed E-state index contributed by atoms with van der Waals surface area (Å²) >= 11 is 0. The van der Waals surface area contributed by atoms with Gasteiger partial charge in [-0.1, -0.05) is 31.2 Å². The molecule has 2 aromatic heterocycles. The molecular weight excluding hydrogens is 322 g/mol. The molecule has 1 aliphatic carbocycles. The van der Waals surface area contributed by atoms with Crippen LogP contribution in [0.15, 0.2) is 48.8 Å². The molecular formula is C22H23N3O. The van der Waals surface area contributed by atoms with Gasteiger partial charge in [-0.2, -0.15) is 0 Å². The van der Waals surface area contributed by atoms with Crippen LogP contribution in [0.4, 0.5) is 0 Å². The van der Waals surface area contributed by atoms with Crippen LogP contribution in [-0.2, 0) is 19.3 Å². The van der Waals surface area contributed by atoms with E-state index in [1.807, 2.05) is 42.6 Å². The molecule has 3 aromatic rings. The summed E-state index contributed by atoms with van der Waals surface area (Å²) in [6, 6.07) is 11.9. The summed E-state index contributed by atoms with van der Waals surface area (Å²) in [6.07, 6.45) is 7.41. The van der Waals surface area contributed by atoms with Crippen molar-refractivity contribution >= 4 is 16.8 Å². The molecule has 1 N–H and O–H groups in total. The van der Waals surface area contributed by atoms with Crippen LogP contribution in [-0.4, -0.2) is 22.4 Å². The third kappa shape index (κ3) is 3.32. The third-order valence-corrected chi connectivity index (χ3v) is 5.15. The molecule has 1 aromatic carbocycles. The van der Waals surface area contributed by atoms with Crippen molar-refractivity contribution in [3.05, 3.63) is 71.2 Å². The molecule has 132 valence electrons. The first-order valence-electron chi connectivity index (χ1n) is 9.30. The van der Waals surface area contributed by atoms with Crippen molar-refractivity contribution in [2.45, 2.75) is 32.6 Å². The fourth-order valence-electron chi connectivity index (χ4n) is 3.78. The summed E-state index contributed by atoms with van der Waals surface area (Å²) in [7, 11) is 0. The van der Waals surface area contributed by atoms with Gasteiger partial charge in [-0.3, -0.25) is 14.8 Å². The first-order chi connectivity index (χ1) is 12.7. The van der Waals surface area contributed by atoms with E-state index in [4.69, 9.17) is 4.98 Å². The van der Waals surface area contributed by atoms with E-state index in [-0.39, 0.29) is 5.91 Å². The maximum Gasteiger partial charge on any atom is 0.252 e. The number of hydrogen-bond donors (Lipinski definition) is 1. The Morgan fingerprint density at radius 2 is 2.12 bits per heavy atom. The number of pyridine rings is 2. The van der Waals surface area contributed by atoms with Crippen molar-refractivity contribution in [1.82, 2.24) is 15.3 Å². The van der Waals surface area contributed by atoms with Gasteiger partial charge in [0.05, 0.1) is 11.1 Å². The van der Waals surface area contributed by atoms with E-state index in [1.54, 1.807) is 6.20 Å². The highest BCUT2D eigenvalue weighted by molar-refractivity contribution is 6.07. The Kier molecular flexibility index (Phi) is 4.65. The first-order valence-corrected chi connectivity index (χ1v) is 9.30. The summed E-state index contributed by atoms with van der Waals surface area (Å²) in [5, 5.41) is 4.07. The highest BCUT2D eigenvalue weighted by atomic mass is 16.1. The molecule has 0 fully saturated rings. The van der Waals surface area contributed by atoms with Crippen LogP contribution in [0.5, 0.6) is 0 Å². The van der Waals surface area contributed by atoms with Gasteiger partial charge in [0.1, 0.15) is 0 Å². The van der Waals surface area contributed by atoms with Crippen molar-refractivity contribution in [3.8, 4) is 0 Å². The van der Waals surface area contributed by atoms with Crippen molar-refractivity contribution in [3.63, 3.8) is 0 Å². The zero-order valence-electron chi connectivity index (χ0n) is 15.0. The quantitative estimate of drug-likeness (QED) is 0.784. The maximum absolute atomic E-state index is 13.1. The number of benzene rings is 1. The van der Waals surface area contributed by atoms with Crippen LogP contribution < -0.4 is 5.32 Å². The number of para-hydroxylation sites is 1. The summed E-state index contributed by atoms with van der Waals surface area (Å²) in [4.78, 5) is 22.0. The molecule has 4 heteroatoms. The molecule has 0 spiro atoms. The second kappa shape index (κ2) is 7.24. The van der Waals surface area contributed by atoms with Gasteiger partial charge in [0.25, 0.3) is 5.91 Å². The predicted octanol–water partition coefficient (Wildman–Crippen LogP) is 3.73. The lowest BCUT2D eigenvalue weighted by atomic mass is 9.84. The van der Waals surface area contributed by atoms with Gasteiger partial charge in [0, 0.05) is 30.0 Å².